The van der Waals surface area contributed by atoms with Gasteiger partial charge >= 0.3 is 6.03 Å². The second-order valence-corrected chi connectivity index (χ2v) is 6.98. The van der Waals surface area contributed by atoms with E-state index in [1.54, 1.807) is 31.2 Å². The highest BCUT2D eigenvalue weighted by Crippen LogP contribution is 2.32. The second kappa shape index (κ2) is 6.18. The number of imide groups is 1. The van der Waals surface area contributed by atoms with Crippen molar-refractivity contribution in [3.8, 4) is 0 Å². The number of benzene rings is 2. The van der Waals surface area contributed by atoms with Gasteiger partial charge in [0.15, 0.2) is 0 Å². The summed E-state index contributed by atoms with van der Waals surface area (Å²) in [5.41, 5.74) is 0.0540. The normalized spacial score (nSPS) is 20.4. The SMILES string of the molecule is CC1(c2cccc(Cl)c2)NC(=O)N(Cc2ccc(F)cc2Br)C1=O. The van der Waals surface area contributed by atoms with E-state index in [1.807, 2.05) is 0 Å². The highest BCUT2D eigenvalue weighted by Gasteiger charge is 2.49. The molecular formula is C17H13BrClFN2O2. The Hall–Kier alpha value is -1.92. The van der Waals surface area contributed by atoms with Crippen molar-refractivity contribution in [2.45, 2.75) is 19.0 Å². The Kier molecular flexibility index (Phi) is 4.36. The number of halogens is 3. The average Bonchev–Trinajstić information content (AvgIpc) is 2.74. The Morgan fingerprint density at radius 3 is 2.67 bits per heavy atom. The maximum absolute atomic E-state index is 13.2. The molecule has 3 amide bonds. The summed E-state index contributed by atoms with van der Waals surface area (Å²) in [5, 5.41) is 3.20. The lowest BCUT2D eigenvalue weighted by Gasteiger charge is -2.22. The molecule has 1 fully saturated rings. The van der Waals surface area contributed by atoms with Crippen molar-refractivity contribution in [3.05, 3.63) is 68.9 Å². The minimum absolute atomic E-state index is 0.0433. The van der Waals surface area contributed by atoms with Crippen LogP contribution in [0.1, 0.15) is 18.1 Å². The zero-order valence-electron chi connectivity index (χ0n) is 12.6. The van der Waals surface area contributed by atoms with Crippen LogP contribution in [0.3, 0.4) is 0 Å². The summed E-state index contributed by atoms with van der Waals surface area (Å²) < 4.78 is 13.7. The standard InChI is InChI=1S/C17H13BrClFN2O2/c1-17(11-3-2-4-12(19)7-11)15(23)22(16(24)21-17)9-10-5-6-13(20)8-14(10)18/h2-8H,9H2,1H3,(H,21,24). The van der Waals surface area contributed by atoms with Gasteiger partial charge < -0.3 is 5.32 Å². The molecule has 4 nitrogen and oxygen atoms in total. The van der Waals surface area contributed by atoms with Crippen LogP contribution in [0.25, 0.3) is 0 Å². The fourth-order valence-electron chi connectivity index (χ4n) is 2.66. The van der Waals surface area contributed by atoms with Gasteiger partial charge in [-0.05, 0) is 42.3 Å². The molecule has 0 radical (unpaired) electrons. The molecule has 1 unspecified atom stereocenters. The van der Waals surface area contributed by atoms with Crippen LogP contribution in [0, 0.1) is 5.82 Å². The number of nitrogens with one attached hydrogen (secondary N) is 1. The molecule has 1 saturated heterocycles. The molecule has 0 aromatic heterocycles. The van der Waals surface area contributed by atoms with E-state index in [9.17, 15) is 14.0 Å². The number of rotatable bonds is 3. The van der Waals surface area contributed by atoms with E-state index in [-0.39, 0.29) is 12.5 Å². The Morgan fingerprint density at radius 2 is 2.00 bits per heavy atom. The molecule has 3 rings (SSSR count). The number of urea groups is 1. The van der Waals surface area contributed by atoms with Crippen molar-refractivity contribution in [1.82, 2.24) is 10.2 Å². The van der Waals surface area contributed by atoms with Crippen LogP contribution in [-0.2, 0) is 16.9 Å². The van der Waals surface area contributed by atoms with Crippen LogP contribution < -0.4 is 5.32 Å². The number of nitrogens with zero attached hydrogens (tertiary/aromatic N) is 1. The second-order valence-electron chi connectivity index (χ2n) is 5.69. The predicted molar refractivity (Wildman–Crippen MR) is 92.0 cm³/mol. The molecule has 24 heavy (non-hydrogen) atoms. The van der Waals surface area contributed by atoms with Crippen LogP contribution in [0.2, 0.25) is 5.02 Å². The maximum Gasteiger partial charge on any atom is 0.325 e. The van der Waals surface area contributed by atoms with E-state index in [2.05, 4.69) is 21.2 Å². The van der Waals surface area contributed by atoms with E-state index in [4.69, 9.17) is 11.6 Å². The van der Waals surface area contributed by atoms with Gasteiger partial charge in [0.25, 0.3) is 5.91 Å². The summed E-state index contributed by atoms with van der Waals surface area (Å²) in [6, 6.07) is 10.4. The molecular weight excluding hydrogens is 399 g/mol. The molecule has 1 N–H and O–H groups in total. The van der Waals surface area contributed by atoms with Gasteiger partial charge in [0.2, 0.25) is 0 Å². The Balaban J connectivity index is 1.91. The van der Waals surface area contributed by atoms with Crippen LogP contribution in [0.5, 0.6) is 0 Å². The molecule has 124 valence electrons. The van der Waals surface area contributed by atoms with Gasteiger partial charge in [0.05, 0.1) is 6.54 Å². The number of hydrogen-bond acceptors (Lipinski definition) is 2. The van der Waals surface area contributed by atoms with E-state index in [0.29, 0.717) is 20.6 Å². The lowest BCUT2D eigenvalue weighted by atomic mass is 9.92. The minimum Gasteiger partial charge on any atom is -0.319 e. The number of carbonyl (C=O) groups excluding carboxylic acids is 2. The Morgan fingerprint density at radius 1 is 1.25 bits per heavy atom. The summed E-state index contributed by atoms with van der Waals surface area (Å²) in [7, 11) is 0. The molecule has 1 aliphatic rings. The highest BCUT2D eigenvalue weighted by molar-refractivity contribution is 9.10. The number of amides is 3. The van der Waals surface area contributed by atoms with E-state index >= 15 is 0 Å². The fraction of sp³-hybridized carbons (Fsp3) is 0.176. The third kappa shape index (κ3) is 2.91. The molecule has 0 bridgehead atoms. The molecule has 7 heteroatoms. The third-order valence-corrected chi connectivity index (χ3v) is 4.99. The Labute approximate surface area is 151 Å². The van der Waals surface area contributed by atoms with Gasteiger partial charge in [-0.3, -0.25) is 9.69 Å². The summed E-state index contributed by atoms with van der Waals surface area (Å²) in [5.74, 6) is -0.780. The van der Waals surface area contributed by atoms with Gasteiger partial charge in [-0.15, -0.1) is 0 Å². The lowest BCUT2D eigenvalue weighted by Crippen LogP contribution is -2.40. The molecule has 2 aromatic carbocycles. The van der Waals surface area contributed by atoms with Crippen LogP contribution >= 0.6 is 27.5 Å². The van der Waals surface area contributed by atoms with Gasteiger partial charge in [0, 0.05) is 9.50 Å². The first-order chi connectivity index (χ1) is 11.3. The highest BCUT2D eigenvalue weighted by atomic mass is 79.9. The van der Waals surface area contributed by atoms with Gasteiger partial charge in [0.1, 0.15) is 11.4 Å². The summed E-state index contributed by atoms with van der Waals surface area (Å²) in [6.07, 6.45) is 0. The first kappa shape index (κ1) is 16.9. The number of hydrogen-bond donors (Lipinski definition) is 1. The molecule has 0 saturated carbocycles. The summed E-state index contributed by atoms with van der Waals surface area (Å²) in [6.45, 7) is 1.68. The average molecular weight is 412 g/mol. The molecule has 0 spiro atoms. The molecule has 1 heterocycles. The largest absolute Gasteiger partial charge is 0.325 e. The monoisotopic (exact) mass is 410 g/mol. The topological polar surface area (TPSA) is 49.4 Å². The molecule has 0 aliphatic carbocycles. The van der Waals surface area contributed by atoms with Crippen molar-refractivity contribution >= 4 is 39.5 Å². The lowest BCUT2D eigenvalue weighted by molar-refractivity contribution is -0.131. The summed E-state index contributed by atoms with van der Waals surface area (Å²) in [4.78, 5) is 26.3. The quantitative estimate of drug-likeness (QED) is 0.769. The van der Waals surface area contributed by atoms with E-state index in [0.717, 1.165) is 4.90 Å². The van der Waals surface area contributed by atoms with Gasteiger partial charge in [-0.2, -0.15) is 0 Å². The van der Waals surface area contributed by atoms with Gasteiger partial charge in [-0.1, -0.05) is 45.7 Å². The third-order valence-electron chi connectivity index (χ3n) is 4.02. The first-order valence-corrected chi connectivity index (χ1v) is 8.32. The minimum atomic E-state index is -1.19. The van der Waals surface area contributed by atoms with Crippen molar-refractivity contribution in [1.29, 1.82) is 0 Å². The zero-order valence-corrected chi connectivity index (χ0v) is 15.0. The van der Waals surface area contributed by atoms with Crippen molar-refractivity contribution in [2.24, 2.45) is 0 Å². The van der Waals surface area contributed by atoms with E-state index in [1.165, 1.54) is 18.2 Å². The summed E-state index contributed by atoms with van der Waals surface area (Å²) >= 11 is 9.24. The fourth-order valence-corrected chi connectivity index (χ4v) is 3.32. The molecule has 1 aliphatic heterocycles. The number of carbonyl (C=O) groups is 2. The Bertz CT molecular complexity index is 845. The smallest absolute Gasteiger partial charge is 0.319 e. The van der Waals surface area contributed by atoms with Crippen molar-refractivity contribution < 1.29 is 14.0 Å². The van der Waals surface area contributed by atoms with Crippen LogP contribution in [0.4, 0.5) is 9.18 Å². The van der Waals surface area contributed by atoms with Crippen LogP contribution in [0.15, 0.2) is 46.9 Å². The zero-order chi connectivity index (χ0) is 17.5. The maximum atomic E-state index is 13.2. The molecule has 2 aromatic rings. The first-order valence-electron chi connectivity index (χ1n) is 7.15. The van der Waals surface area contributed by atoms with Crippen LogP contribution in [-0.4, -0.2) is 16.8 Å². The van der Waals surface area contributed by atoms with E-state index < -0.39 is 17.4 Å². The molecule has 1 atom stereocenters. The van der Waals surface area contributed by atoms with Crippen molar-refractivity contribution in [2.75, 3.05) is 0 Å². The van der Waals surface area contributed by atoms with Gasteiger partial charge in [-0.25, -0.2) is 9.18 Å². The predicted octanol–water partition coefficient (Wildman–Crippen LogP) is 4.21. The van der Waals surface area contributed by atoms with Crippen molar-refractivity contribution in [3.63, 3.8) is 0 Å².